The van der Waals surface area contributed by atoms with E-state index in [4.69, 9.17) is 15.5 Å². The Morgan fingerprint density at radius 1 is 1.36 bits per heavy atom. The molecule has 1 amide bonds. The van der Waals surface area contributed by atoms with E-state index in [1.807, 2.05) is 18.3 Å². The van der Waals surface area contributed by atoms with Crippen molar-refractivity contribution in [1.29, 1.82) is 0 Å². The van der Waals surface area contributed by atoms with E-state index in [0.29, 0.717) is 12.5 Å². The quantitative estimate of drug-likeness (QED) is 0.844. The summed E-state index contributed by atoms with van der Waals surface area (Å²) in [4.78, 5) is 20.8. The van der Waals surface area contributed by atoms with Crippen LogP contribution in [0, 0.1) is 5.92 Å². The van der Waals surface area contributed by atoms with Gasteiger partial charge >= 0.3 is 0 Å². The SMILES string of the molecule is C[C@@H]1C/C=C(c2cccc(CN(C)C(=O)CN)c2)\C=N/C(N2CCOCC2)C1. The maximum absolute atomic E-state index is 11.8. The maximum atomic E-state index is 11.8. The third-order valence-corrected chi connectivity index (χ3v) is 5.49. The molecule has 2 atom stereocenters. The van der Waals surface area contributed by atoms with Gasteiger partial charge in [-0.15, -0.1) is 0 Å². The second-order valence-electron chi connectivity index (χ2n) is 7.80. The van der Waals surface area contributed by atoms with Crippen LogP contribution in [0.3, 0.4) is 0 Å². The van der Waals surface area contributed by atoms with Crippen molar-refractivity contribution >= 4 is 17.7 Å². The van der Waals surface area contributed by atoms with Gasteiger partial charge in [-0.05, 0) is 41.5 Å². The average Bonchev–Trinajstić information content (AvgIpc) is 2.71. The zero-order valence-electron chi connectivity index (χ0n) is 17.0. The summed E-state index contributed by atoms with van der Waals surface area (Å²) in [5.41, 5.74) is 8.85. The summed E-state index contributed by atoms with van der Waals surface area (Å²) in [6.07, 6.45) is 6.65. The van der Waals surface area contributed by atoms with Crippen LogP contribution in [-0.2, 0) is 16.1 Å². The lowest BCUT2D eigenvalue weighted by molar-refractivity contribution is -0.128. The van der Waals surface area contributed by atoms with Gasteiger partial charge in [0.2, 0.25) is 5.91 Å². The smallest absolute Gasteiger partial charge is 0.236 e. The number of amides is 1. The monoisotopic (exact) mass is 384 g/mol. The molecule has 1 aromatic carbocycles. The van der Waals surface area contributed by atoms with E-state index in [1.165, 1.54) is 0 Å². The topological polar surface area (TPSA) is 71.2 Å². The Kier molecular flexibility index (Phi) is 7.36. The van der Waals surface area contributed by atoms with E-state index < -0.39 is 0 Å². The number of hydrogen-bond donors (Lipinski definition) is 1. The summed E-state index contributed by atoms with van der Waals surface area (Å²) in [5, 5.41) is 0. The van der Waals surface area contributed by atoms with Gasteiger partial charge in [-0.25, -0.2) is 0 Å². The van der Waals surface area contributed by atoms with Crippen molar-refractivity contribution < 1.29 is 9.53 Å². The molecule has 28 heavy (non-hydrogen) atoms. The van der Waals surface area contributed by atoms with Gasteiger partial charge in [0, 0.05) is 32.9 Å². The number of benzene rings is 1. The summed E-state index contributed by atoms with van der Waals surface area (Å²) < 4.78 is 5.49. The lowest BCUT2D eigenvalue weighted by Gasteiger charge is -2.34. The highest BCUT2D eigenvalue weighted by Crippen LogP contribution is 2.24. The number of nitrogens with two attached hydrogens (primary N) is 1. The molecule has 6 nitrogen and oxygen atoms in total. The molecular weight excluding hydrogens is 352 g/mol. The van der Waals surface area contributed by atoms with Crippen molar-refractivity contribution in [2.24, 2.45) is 16.6 Å². The molecule has 2 aliphatic rings. The van der Waals surface area contributed by atoms with Crippen LogP contribution in [-0.4, -0.2) is 68.0 Å². The Labute approximate surface area is 168 Å². The highest BCUT2D eigenvalue weighted by Gasteiger charge is 2.23. The Bertz CT molecular complexity index is 725. The van der Waals surface area contributed by atoms with Gasteiger partial charge in [0.05, 0.1) is 19.8 Å². The van der Waals surface area contributed by atoms with Crippen molar-refractivity contribution in [2.45, 2.75) is 32.5 Å². The van der Waals surface area contributed by atoms with Crippen molar-refractivity contribution in [3.05, 3.63) is 41.5 Å². The van der Waals surface area contributed by atoms with Gasteiger partial charge in [0.1, 0.15) is 6.17 Å². The van der Waals surface area contributed by atoms with E-state index >= 15 is 0 Å². The van der Waals surface area contributed by atoms with Crippen LogP contribution < -0.4 is 5.73 Å². The molecule has 6 heteroatoms. The van der Waals surface area contributed by atoms with E-state index in [-0.39, 0.29) is 18.6 Å². The Morgan fingerprint density at radius 2 is 2.14 bits per heavy atom. The molecule has 0 bridgehead atoms. The van der Waals surface area contributed by atoms with Gasteiger partial charge < -0.3 is 15.4 Å². The van der Waals surface area contributed by atoms with Crippen LogP contribution in [0.25, 0.3) is 5.57 Å². The largest absolute Gasteiger partial charge is 0.379 e. The summed E-state index contributed by atoms with van der Waals surface area (Å²) >= 11 is 0. The van der Waals surface area contributed by atoms with E-state index in [9.17, 15) is 4.79 Å². The normalized spacial score (nSPS) is 26.6. The maximum Gasteiger partial charge on any atom is 0.236 e. The van der Waals surface area contributed by atoms with Gasteiger partial charge in [-0.1, -0.05) is 31.2 Å². The average molecular weight is 385 g/mol. The lowest BCUT2D eigenvalue weighted by atomic mass is 9.95. The van der Waals surface area contributed by atoms with Gasteiger partial charge in [-0.3, -0.25) is 14.7 Å². The second kappa shape index (κ2) is 9.96. The highest BCUT2D eigenvalue weighted by molar-refractivity contribution is 6.09. The van der Waals surface area contributed by atoms with Crippen molar-refractivity contribution in [3.8, 4) is 0 Å². The number of rotatable bonds is 5. The minimum absolute atomic E-state index is 0.0365. The van der Waals surface area contributed by atoms with Crippen LogP contribution in [0.4, 0.5) is 0 Å². The Balaban J connectivity index is 1.77. The molecule has 2 aliphatic heterocycles. The number of carbonyl (C=O) groups is 1. The molecule has 1 aromatic rings. The number of ether oxygens (including phenoxy) is 1. The molecule has 0 aliphatic carbocycles. The number of hydrogen-bond acceptors (Lipinski definition) is 5. The Hall–Kier alpha value is -2.02. The molecule has 3 rings (SSSR count). The molecule has 1 unspecified atom stereocenters. The fourth-order valence-corrected chi connectivity index (χ4v) is 3.74. The first kappa shape index (κ1) is 20.7. The number of aliphatic imine (C=N–C) groups is 1. The number of morpholine rings is 1. The summed E-state index contributed by atoms with van der Waals surface area (Å²) in [7, 11) is 1.78. The van der Waals surface area contributed by atoms with Crippen LogP contribution in [0.15, 0.2) is 35.3 Å². The molecule has 0 aromatic heterocycles. The van der Waals surface area contributed by atoms with E-state index in [2.05, 4.69) is 30.0 Å². The fourth-order valence-electron chi connectivity index (χ4n) is 3.74. The number of carbonyl (C=O) groups excluding carboxylic acids is 1. The summed E-state index contributed by atoms with van der Waals surface area (Å²) in [5.74, 6) is 0.524. The zero-order valence-corrected chi connectivity index (χ0v) is 17.0. The molecule has 0 saturated carbocycles. The van der Waals surface area contributed by atoms with Crippen LogP contribution in [0.1, 0.15) is 30.9 Å². The summed E-state index contributed by atoms with van der Waals surface area (Å²) in [6.45, 7) is 6.37. The predicted molar refractivity (Wildman–Crippen MR) is 113 cm³/mol. The van der Waals surface area contributed by atoms with E-state index in [0.717, 1.165) is 55.8 Å². The highest BCUT2D eigenvalue weighted by atomic mass is 16.5. The molecule has 2 heterocycles. The van der Waals surface area contributed by atoms with Crippen molar-refractivity contribution in [2.75, 3.05) is 39.9 Å². The molecule has 1 fully saturated rings. The van der Waals surface area contributed by atoms with Gasteiger partial charge in [0.25, 0.3) is 0 Å². The first-order valence-corrected chi connectivity index (χ1v) is 10.1. The Morgan fingerprint density at radius 3 is 2.89 bits per heavy atom. The molecule has 2 N–H and O–H groups in total. The lowest BCUT2D eigenvalue weighted by Crippen LogP contribution is -2.43. The standard InChI is InChI=1S/C22H32N4O2/c1-17-6-7-20(15-24-21(12-17)26-8-10-28-11-9-26)19-5-3-4-18(13-19)16-25(2)22(27)14-23/h3-5,7,13,15,17,21H,6,8-12,14,16,23H2,1-2H3/b20-7+,24-15-/t17-,21?/m1/s1. The first-order valence-electron chi connectivity index (χ1n) is 10.1. The molecular formula is C22H32N4O2. The molecule has 0 spiro atoms. The number of nitrogens with zero attached hydrogens (tertiary/aromatic N) is 3. The number of allylic oxidation sites excluding steroid dienone is 2. The predicted octanol–water partition coefficient (Wildman–Crippen LogP) is 2.15. The fraction of sp³-hybridized carbons (Fsp3) is 0.545. The third kappa shape index (κ3) is 5.50. The van der Waals surface area contributed by atoms with Crippen LogP contribution in [0.5, 0.6) is 0 Å². The zero-order chi connectivity index (χ0) is 19.9. The van der Waals surface area contributed by atoms with Gasteiger partial charge in [0.15, 0.2) is 0 Å². The summed E-state index contributed by atoms with van der Waals surface area (Å²) in [6, 6.07) is 8.35. The second-order valence-corrected chi connectivity index (χ2v) is 7.80. The molecule has 0 radical (unpaired) electrons. The van der Waals surface area contributed by atoms with Crippen molar-refractivity contribution in [1.82, 2.24) is 9.80 Å². The molecule has 1 saturated heterocycles. The van der Waals surface area contributed by atoms with Gasteiger partial charge in [-0.2, -0.15) is 0 Å². The van der Waals surface area contributed by atoms with Crippen LogP contribution in [0.2, 0.25) is 0 Å². The number of likely N-dealkylation sites (N-methyl/N-ethyl adjacent to an activating group) is 1. The van der Waals surface area contributed by atoms with E-state index in [1.54, 1.807) is 11.9 Å². The third-order valence-electron chi connectivity index (χ3n) is 5.49. The molecule has 152 valence electrons. The first-order chi connectivity index (χ1) is 13.6. The van der Waals surface area contributed by atoms with Crippen LogP contribution >= 0.6 is 0 Å². The van der Waals surface area contributed by atoms with Crippen molar-refractivity contribution in [3.63, 3.8) is 0 Å². The minimum Gasteiger partial charge on any atom is -0.379 e. The minimum atomic E-state index is -0.0562.